The molecule has 1 aromatic rings. The quantitative estimate of drug-likeness (QED) is 0.774. The molecular weight excluding hydrogens is 292 g/mol. The van der Waals surface area contributed by atoms with Crippen molar-refractivity contribution in [1.29, 1.82) is 0 Å². The van der Waals surface area contributed by atoms with Crippen LogP contribution in [0.4, 0.5) is 0 Å². The number of rotatable bonds is 8. The van der Waals surface area contributed by atoms with E-state index >= 15 is 0 Å². The van der Waals surface area contributed by atoms with Crippen molar-refractivity contribution in [3.8, 4) is 0 Å². The number of hydrogen-bond donors (Lipinski definition) is 2. The van der Waals surface area contributed by atoms with E-state index in [1.165, 1.54) is 37.0 Å². The van der Waals surface area contributed by atoms with Crippen molar-refractivity contribution in [2.45, 2.75) is 50.1 Å². The highest BCUT2D eigenvalue weighted by Crippen LogP contribution is 2.45. The zero-order valence-electron chi connectivity index (χ0n) is 11.8. The van der Waals surface area contributed by atoms with E-state index in [1.807, 2.05) is 6.92 Å². The Morgan fingerprint density at radius 1 is 1.30 bits per heavy atom. The Kier molecular flexibility index (Phi) is 4.17. The molecule has 2 fully saturated rings. The summed E-state index contributed by atoms with van der Waals surface area (Å²) in [5, 5.41) is 4.98. The van der Waals surface area contributed by atoms with Crippen molar-refractivity contribution in [3.05, 3.63) is 16.3 Å². The van der Waals surface area contributed by atoms with Crippen molar-refractivity contribution < 1.29 is 8.42 Å². The lowest BCUT2D eigenvalue weighted by Crippen LogP contribution is -2.37. The summed E-state index contributed by atoms with van der Waals surface area (Å²) < 4.78 is 27.9. The fourth-order valence-electron chi connectivity index (χ4n) is 2.58. The molecule has 4 nitrogen and oxygen atoms in total. The van der Waals surface area contributed by atoms with E-state index in [0.717, 1.165) is 18.0 Å². The fourth-order valence-corrected chi connectivity index (χ4v) is 5.20. The molecule has 2 saturated carbocycles. The maximum Gasteiger partial charge on any atom is 0.241 e. The van der Waals surface area contributed by atoms with Crippen LogP contribution in [0.1, 0.15) is 37.5 Å². The van der Waals surface area contributed by atoms with Gasteiger partial charge in [0.2, 0.25) is 10.0 Å². The van der Waals surface area contributed by atoms with Gasteiger partial charge in [-0.05, 0) is 50.1 Å². The second-order valence-corrected chi connectivity index (χ2v) is 8.56. The van der Waals surface area contributed by atoms with Crippen LogP contribution >= 0.6 is 11.3 Å². The highest BCUT2D eigenvalue weighted by atomic mass is 32.2. The first-order valence-corrected chi connectivity index (χ1v) is 9.77. The summed E-state index contributed by atoms with van der Waals surface area (Å²) >= 11 is 1.51. The standard InChI is InChI=1S/C14H22N2O2S2/c1-2-15-8-12-7-13(9-19-12)20(17,18)16-14(10-3-4-10)11-5-6-11/h7,9-11,14-16H,2-6,8H2,1H3. The molecule has 1 heterocycles. The van der Waals surface area contributed by atoms with Gasteiger partial charge in [0.05, 0.1) is 4.90 Å². The van der Waals surface area contributed by atoms with Gasteiger partial charge in [-0.2, -0.15) is 0 Å². The van der Waals surface area contributed by atoms with E-state index in [9.17, 15) is 8.42 Å². The Bertz CT molecular complexity index is 547. The second-order valence-electron chi connectivity index (χ2n) is 5.85. The van der Waals surface area contributed by atoms with Crippen LogP contribution in [0.5, 0.6) is 0 Å². The molecule has 6 heteroatoms. The third-order valence-corrected chi connectivity index (χ3v) is 6.56. The molecule has 0 spiro atoms. The van der Waals surface area contributed by atoms with Crippen molar-refractivity contribution >= 4 is 21.4 Å². The predicted molar refractivity (Wildman–Crippen MR) is 81.3 cm³/mol. The molecule has 2 N–H and O–H groups in total. The van der Waals surface area contributed by atoms with E-state index in [-0.39, 0.29) is 6.04 Å². The topological polar surface area (TPSA) is 58.2 Å². The molecule has 2 aliphatic rings. The second kappa shape index (κ2) is 5.75. The number of nitrogens with one attached hydrogen (secondary N) is 2. The van der Waals surface area contributed by atoms with Crippen LogP contribution in [0.25, 0.3) is 0 Å². The summed E-state index contributed by atoms with van der Waals surface area (Å²) in [7, 11) is -3.34. The normalized spacial score (nSPS) is 19.7. The predicted octanol–water partition coefficient (Wildman–Crippen LogP) is 2.32. The van der Waals surface area contributed by atoms with Gasteiger partial charge in [-0.3, -0.25) is 0 Å². The largest absolute Gasteiger partial charge is 0.312 e. The lowest BCUT2D eigenvalue weighted by molar-refractivity contribution is 0.471. The molecule has 0 saturated heterocycles. The van der Waals surface area contributed by atoms with E-state index in [4.69, 9.17) is 0 Å². The van der Waals surface area contributed by atoms with Crippen LogP contribution in [0.15, 0.2) is 16.3 Å². The fraction of sp³-hybridized carbons (Fsp3) is 0.714. The van der Waals surface area contributed by atoms with Crippen LogP contribution in [0, 0.1) is 11.8 Å². The highest BCUT2D eigenvalue weighted by molar-refractivity contribution is 7.89. The van der Waals surface area contributed by atoms with Gasteiger partial charge in [-0.25, -0.2) is 13.1 Å². The third kappa shape index (κ3) is 3.42. The minimum atomic E-state index is -3.34. The maximum absolute atomic E-state index is 12.5. The van der Waals surface area contributed by atoms with Crippen molar-refractivity contribution in [2.24, 2.45) is 11.8 Å². The molecule has 20 heavy (non-hydrogen) atoms. The van der Waals surface area contributed by atoms with E-state index < -0.39 is 10.0 Å². The molecule has 0 aliphatic heterocycles. The smallest absolute Gasteiger partial charge is 0.241 e. The number of thiophene rings is 1. The van der Waals surface area contributed by atoms with Crippen LogP contribution < -0.4 is 10.0 Å². The molecule has 0 atom stereocenters. The van der Waals surface area contributed by atoms with Gasteiger partial charge in [-0.15, -0.1) is 11.3 Å². The summed E-state index contributed by atoms with van der Waals surface area (Å²) in [5.41, 5.74) is 0. The summed E-state index contributed by atoms with van der Waals surface area (Å²) in [5.74, 6) is 1.16. The van der Waals surface area contributed by atoms with Crippen LogP contribution in [0.3, 0.4) is 0 Å². The summed E-state index contributed by atoms with van der Waals surface area (Å²) in [6.07, 6.45) is 4.72. The van der Waals surface area contributed by atoms with Gasteiger partial charge >= 0.3 is 0 Å². The van der Waals surface area contributed by atoms with E-state index in [1.54, 1.807) is 11.4 Å². The van der Waals surface area contributed by atoms with E-state index in [0.29, 0.717) is 16.7 Å². The van der Waals surface area contributed by atoms with Gasteiger partial charge in [0.1, 0.15) is 0 Å². The first-order valence-electron chi connectivity index (χ1n) is 7.40. The van der Waals surface area contributed by atoms with Gasteiger partial charge in [-0.1, -0.05) is 6.92 Å². The number of hydrogen-bond acceptors (Lipinski definition) is 4. The Labute approximate surface area is 125 Å². The van der Waals surface area contributed by atoms with Crippen LogP contribution in [-0.4, -0.2) is 21.0 Å². The average molecular weight is 314 g/mol. The molecule has 3 rings (SSSR count). The Morgan fingerprint density at radius 3 is 2.50 bits per heavy atom. The summed E-state index contributed by atoms with van der Waals surface area (Å²) in [6.45, 7) is 3.68. The summed E-state index contributed by atoms with van der Waals surface area (Å²) in [6, 6.07) is 1.98. The van der Waals surface area contributed by atoms with Gasteiger partial charge in [0, 0.05) is 22.8 Å². The van der Waals surface area contributed by atoms with E-state index in [2.05, 4.69) is 10.0 Å². The zero-order chi connectivity index (χ0) is 14.2. The van der Waals surface area contributed by atoms with Crippen molar-refractivity contribution in [1.82, 2.24) is 10.0 Å². The molecular formula is C14H22N2O2S2. The third-order valence-electron chi connectivity index (χ3n) is 4.04. The Morgan fingerprint density at radius 2 is 1.95 bits per heavy atom. The molecule has 0 aromatic carbocycles. The molecule has 0 radical (unpaired) electrons. The minimum absolute atomic E-state index is 0.178. The molecule has 0 amide bonds. The van der Waals surface area contributed by atoms with Crippen LogP contribution in [-0.2, 0) is 16.6 Å². The SMILES string of the molecule is CCNCc1cc(S(=O)(=O)NC(C2CC2)C2CC2)cs1. The first kappa shape index (κ1) is 14.5. The van der Waals surface area contributed by atoms with Crippen molar-refractivity contribution in [2.75, 3.05) is 6.54 Å². The van der Waals surface area contributed by atoms with Gasteiger partial charge in [0.25, 0.3) is 0 Å². The Hall–Kier alpha value is -0.430. The van der Waals surface area contributed by atoms with Crippen LogP contribution in [0.2, 0.25) is 0 Å². The molecule has 2 aliphatic carbocycles. The summed E-state index contributed by atoms with van der Waals surface area (Å²) in [4.78, 5) is 1.50. The zero-order valence-corrected chi connectivity index (χ0v) is 13.4. The molecule has 1 aromatic heterocycles. The first-order chi connectivity index (χ1) is 9.60. The monoisotopic (exact) mass is 314 g/mol. The lowest BCUT2D eigenvalue weighted by Gasteiger charge is -2.17. The minimum Gasteiger partial charge on any atom is -0.312 e. The molecule has 0 bridgehead atoms. The Balaban J connectivity index is 1.68. The molecule has 0 unspecified atom stereocenters. The number of sulfonamides is 1. The average Bonchev–Trinajstić information content (AvgIpc) is 3.32. The van der Waals surface area contributed by atoms with Gasteiger partial charge < -0.3 is 5.32 Å². The lowest BCUT2D eigenvalue weighted by atomic mass is 10.1. The highest BCUT2D eigenvalue weighted by Gasteiger charge is 2.43. The maximum atomic E-state index is 12.5. The van der Waals surface area contributed by atoms with Crippen molar-refractivity contribution in [3.63, 3.8) is 0 Å². The van der Waals surface area contributed by atoms with Gasteiger partial charge in [0.15, 0.2) is 0 Å². The molecule has 112 valence electrons.